The number of likely N-dealkylation sites (tertiary alicyclic amines) is 1. The number of hydrogen-bond acceptors (Lipinski definition) is 6. The summed E-state index contributed by atoms with van der Waals surface area (Å²) in [5.41, 5.74) is 2.23. The maximum atomic E-state index is 8.36. The molecule has 0 bridgehead atoms. The molecule has 1 aromatic carbocycles. The number of carboxylic acid groups (broad SMARTS) is 2. The summed E-state index contributed by atoms with van der Waals surface area (Å²) in [6.07, 6.45) is 6.48. The molecule has 2 aromatic rings. The van der Waals surface area contributed by atoms with Gasteiger partial charge in [0.15, 0.2) is 0 Å². The predicted molar refractivity (Wildman–Crippen MR) is 114 cm³/mol. The Hall–Kier alpha value is -2.91. The molecule has 9 nitrogen and oxygen atoms in total. The van der Waals surface area contributed by atoms with Gasteiger partial charge in [0, 0.05) is 36.5 Å². The number of benzene rings is 1. The number of hydrogen-bond donors (Lipinski definition) is 3. The first kappa shape index (κ1) is 25.1. The van der Waals surface area contributed by atoms with Gasteiger partial charge in [-0.1, -0.05) is 6.07 Å². The zero-order chi connectivity index (χ0) is 22.4. The topological polar surface area (TPSA) is 117 Å². The molecule has 1 aliphatic rings. The number of methoxy groups -OCH3 is 1. The van der Waals surface area contributed by atoms with Gasteiger partial charge in [0.2, 0.25) is 0 Å². The molecule has 1 saturated heterocycles. The van der Waals surface area contributed by atoms with E-state index in [0.717, 1.165) is 18.0 Å². The van der Waals surface area contributed by atoms with E-state index >= 15 is 0 Å². The number of rotatable bonds is 6. The highest BCUT2D eigenvalue weighted by Crippen LogP contribution is 2.17. The summed E-state index contributed by atoms with van der Waals surface area (Å²) in [5.74, 6) is 0.847. The van der Waals surface area contributed by atoms with Crippen molar-refractivity contribution in [2.75, 3.05) is 20.2 Å². The molecule has 3 N–H and O–H groups in total. The van der Waals surface area contributed by atoms with Crippen LogP contribution in [0, 0.1) is 0 Å². The fourth-order valence-corrected chi connectivity index (χ4v) is 3.23. The average molecular weight is 421 g/mol. The maximum absolute atomic E-state index is 8.36. The molecular weight excluding hydrogens is 388 g/mol. The van der Waals surface area contributed by atoms with Gasteiger partial charge in [0.05, 0.1) is 19.0 Å². The highest BCUT2D eigenvalue weighted by molar-refractivity contribution is 5.38. The van der Waals surface area contributed by atoms with E-state index in [0.29, 0.717) is 12.1 Å². The van der Waals surface area contributed by atoms with E-state index in [9.17, 15) is 0 Å². The molecule has 0 unspecified atom stereocenters. The highest BCUT2D eigenvalue weighted by atomic mass is 16.5. The number of aromatic nitrogens is 2. The number of nitrogens with zero attached hydrogens (tertiary/aromatic N) is 3. The fourth-order valence-electron chi connectivity index (χ4n) is 3.23. The summed E-state index contributed by atoms with van der Waals surface area (Å²) in [5, 5.41) is 21.9. The molecule has 9 heteroatoms. The lowest BCUT2D eigenvalue weighted by molar-refractivity contribution is -0.123. The van der Waals surface area contributed by atoms with Crippen LogP contribution in [0.2, 0.25) is 0 Å². The molecule has 0 saturated carbocycles. The van der Waals surface area contributed by atoms with Crippen molar-refractivity contribution in [2.24, 2.45) is 0 Å². The van der Waals surface area contributed by atoms with Crippen molar-refractivity contribution in [3.8, 4) is 11.4 Å². The lowest BCUT2D eigenvalue weighted by Crippen LogP contribution is -2.44. The third-order valence-corrected chi connectivity index (χ3v) is 4.81. The van der Waals surface area contributed by atoms with E-state index in [4.69, 9.17) is 24.5 Å². The molecule has 0 spiro atoms. The molecule has 3 rings (SSSR count). The van der Waals surface area contributed by atoms with E-state index in [1.807, 2.05) is 35.1 Å². The van der Waals surface area contributed by atoms with E-state index in [1.54, 1.807) is 7.11 Å². The zero-order valence-corrected chi connectivity index (χ0v) is 17.8. The molecule has 1 aromatic heterocycles. The van der Waals surface area contributed by atoms with E-state index in [-0.39, 0.29) is 12.9 Å². The second-order valence-electron chi connectivity index (χ2n) is 6.99. The van der Waals surface area contributed by atoms with Crippen LogP contribution in [-0.2, 0) is 16.1 Å². The van der Waals surface area contributed by atoms with Crippen LogP contribution in [0.25, 0.3) is 5.69 Å². The number of carbonyl (C=O) groups is 2. The monoisotopic (exact) mass is 420 g/mol. The first-order chi connectivity index (χ1) is 14.5. The summed E-state index contributed by atoms with van der Waals surface area (Å²) in [4.78, 5) is 19.3. The Labute approximate surface area is 177 Å². The minimum absolute atomic E-state index is 0.250. The Morgan fingerprint density at radius 2 is 1.87 bits per heavy atom. The van der Waals surface area contributed by atoms with Crippen molar-refractivity contribution in [1.29, 1.82) is 0 Å². The van der Waals surface area contributed by atoms with Gasteiger partial charge < -0.3 is 25.2 Å². The standard InChI is InChI=1S/C19H28N4O.2CH2O2/c1-15(2)22-9-7-17(8-10-22)20-12-16-13-21-23(14-16)18-5-4-6-19(11-18)24-3;2*2-1-3/h4-6,11,13-15,17,20H,7-10,12H2,1-3H3;2*1H,(H,2,3). The summed E-state index contributed by atoms with van der Waals surface area (Å²) < 4.78 is 7.18. The Morgan fingerprint density at radius 3 is 2.43 bits per heavy atom. The first-order valence-corrected chi connectivity index (χ1v) is 9.80. The van der Waals surface area contributed by atoms with Crippen LogP contribution in [0.3, 0.4) is 0 Å². The predicted octanol–water partition coefficient (Wildman–Crippen LogP) is 2.24. The van der Waals surface area contributed by atoms with Crippen molar-refractivity contribution >= 4 is 12.9 Å². The van der Waals surface area contributed by atoms with E-state index in [2.05, 4.69) is 35.4 Å². The van der Waals surface area contributed by atoms with Crippen LogP contribution in [0.1, 0.15) is 32.3 Å². The Balaban J connectivity index is 0.000000672. The molecule has 166 valence electrons. The Kier molecular flexibility index (Phi) is 11.8. The molecule has 0 radical (unpaired) electrons. The summed E-state index contributed by atoms with van der Waals surface area (Å²) in [6.45, 7) is 7.31. The van der Waals surface area contributed by atoms with Crippen LogP contribution in [0.15, 0.2) is 36.7 Å². The maximum Gasteiger partial charge on any atom is 0.290 e. The lowest BCUT2D eigenvalue weighted by atomic mass is 10.0. The number of piperidine rings is 1. The summed E-state index contributed by atoms with van der Waals surface area (Å²) in [7, 11) is 1.68. The van der Waals surface area contributed by atoms with Gasteiger partial charge in [-0.25, -0.2) is 4.68 Å². The van der Waals surface area contributed by atoms with Crippen LogP contribution in [-0.4, -0.2) is 70.1 Å². The SMILES string of the molecule is COc1cccc(-n2cc(CNC3CCN(C(C)C)CC3)cn2)c1.O=CO.O=CO. The summed E-state index contributed by atoms with van der Waals surface area (Å²) in [6, 6.07) is 9.22. The fraction of sp³-hybridized carbons (Fsp3) is 0.476. The van der Waals surface area contributed by atoms with Gasteiger partial charge in [-0.15, -0.1) is 0 Å². The van der Waals surface area contributed by atoms with Gasteiger partial charge in [-0.05, 0) is 51.9 Å². The molecule has 0 aliphatic carbocycles. The third-order valence-electron chi connectivity index (χ3n) is 4.81. The van der Waals surface area contributed by atoms with E-state index in [1.165, 1.54) is 31.5 Å². The van der Waals surface area contributed by atoms with Crippen LogP contribution >= 0.6 is 0 Å². The Morgan fingerprint density at radius 1 is 1.23 bits per heavy atom. The van der Waals surface area contributed by atoms with Crippen LogP contribution in [0.5, 0.6) is 5.75 Å². The largest absolute Gasteiger partial charge is 0.497 e. The molecule has 0 atom stereocenters. The van der Waals surface area contributed by atoms with Gasteiger partial charge in [-0.3, -0.25) is 9.59 Å². The molecular formula is C21H32N4O5. The van der Waals surface area contributed by atoms with Gasteiger partial charge >= 0.3 is 0 Å². The van der Waals surface area contributed by atoms with Crippen molar-refractivity contribution in [3.05, 3.63) is 42.2 Å². The highest BCUT2D eigenvalue weighted by Gasteiger charge is 2.20. The average Bonchev–Trinajstić information content (AvgIpc) is 3.23. The second-order valence-corrected chi connectivity index (χ2v) is 6.99. The molecule has 1 fully saturated rings. The molecule has 0 amide bonds. The van der Waals surface area contributed by atoms with Gasteiger partial charge in [-0.2, -0.15) is 5.10 Å². The molecule has 1 aliphatic heterocycles. The quantitative estimate of drug-likeness (QED) is 0.609. The minimum atomic E-state index is -0.250. The van der Waals surface area contributed by atoms with Crippen molar-refractivity contribution in [2.45, 2.75) is 45.3 Å². The van der Waals surface area contributed by atoms with Gasteiger partial charge in [0.25, 0.3) is 12.9 Å². The van der Waals surface area contributed by atoms with Gasteiger partial charge in [0.1, 0.15) is 5.75 Å². The smallest absolute Gasteiger partial charge is 0.290 e. The van der Waals surface area contributed by atoms with E-state index < -0.39 is 0 Å². The normalized spacial score (nSPS) is 14.1. The first-order valence-electron chi connectivity index (χ1n) is 9.80. The second kappa shape index (κ2) is 14.1. The zero-order valence-electron chi connectivity index (χ0n) is 17.8. The molecule has 30 heavy (non-hydrogen) atoms. The number of nitrogens with one attached hydrogen (secondary N) is 1. The summed E-state index contributed by atoms with van der Waals surface area (Å²) >= 11 is 0. The molecule has 2 heterocycles. The van der Waals surface area contributed by atoms with Crippen LogP contribution in [0.4, 0.5) is 0 Å². The third kappa shape index (κ3) is 8.62. The minimum Gasteiger partial charge on any atom is -0.497 e. The van der Waals surface area contributed by atoms with Crippen molar-refractivity contribution in [3.63, 3.8) is 0 Å². The van der Waals surface area contributed by atoms with Crippen LogP contribution < -0.4 is 10.1 Å². The lowest BCUT2D eigenvalue weighted by Gasteiger charge is -2.34. The number of ether oxygens (including phenoxy) is 1. The van der Waals surface area contributed by atoms with Crippen molar-refractivity contribution < 1.29 is 24.5 Å². The Bertz CT molecular complexity index is 737. The van der Waals surface area contributed by atoms with Crippen molar-refractivity contribution in [1.82, 2.24) is 20.0 Å².